The normalized spacial score (nSPS) is 9.65. The van der Waals surface area contributed by atoms with Crippen LogP contribution in [-0.2, 0) is 14.3 Å². The summed E-state index contributed by atoms with van der Waals surface area (Å²) in [7, 11) is 1.37. The fraction of sp³-hybridized carbons (Fsp3) is 0.400. The Morgan fingerprint density at radius 2 is 1.74 bits per heavy atom. The second-order valence-electron chi connectivity index (χ2n) is 4.27. The van der Waals surface area contributed by atoms with Crippen LogP contribution in [0.3, 0.4) is 0 Å². The van der Waals surface area contributed by atoms with E-state index in [2.05, 4.69) is 5.32 Å². The summed E-state index contributed by atoms with van der Waals surface area (Å²) in [4.78, 5) is 33.6. The van der Waals surface area contributed by atoms with Crippen molar-refractivity contribution in [2.45, 2.75) is 13.3 Å². The van der Waals surface area contributed by atoms with Gasteiger partial charge >= 0.3 is 12.0 Å². The molecule has 3 amide bonds. The molecule has 2 N–H and O–H groups in total. The molecular formula is C15H20N2O6. The third-order valence-corrected chi connectivity index (χ3v) is 2.56. The smallest absolute Gasteiger partial charge is 0.321 e. The van der Waals surface area contributed by atoms with Crippen LogP contribution in [0, 0.1) is 0 Å². The van der Waals surface area contributed by atoms with E-state index in [0.29, 0.717) is 18.1 Å². The second-order valence-corrected chi connectivity index (χ2v) is 4.27. The molecule has 8 nitrogen and oxygen atoms in total. The first-order valence-electron chi connectivity index (χ1n) is 7.08. The van der Waals surface area contributed by atoms with Gasteiger partial charge in [-0.15, -0.1) is 0 Å². The van der Waals surface area contributed by atoms with E-state index in [9.17, 15) is 14.4 Å². The number of ether oxygens (including phenoxy) is 3. The van der Waals surface area contributed by atoms with Crippen LogP contribution < -0.4 is 20.1 Å². The highest BCUT2D eigenvalue weighted by Gasteiger charge is 2.11. The molecule has 0 spiro atoms. The molecule has 0 aliphatic carbocycles. The quantitative estimate of drug-likeness (QED) is 0.687. The van der Waals surface area contributed by atoms with Crippen molar-refractivity contribution < 1.29 is 28.6 Å². The maximum absolute atomic E-state index is 11.5. The van der Waals surface area contributed by atoms with Crippen molar-refractivity contribution in [3.8, 4) is 11.5 Å². The zero-order valence-corrected chi connectivity index (χ0v) is 13.1. The summed E-state index contributed by atoms with van der Waals surface area (Å²) in [6.07, 6.45) is -0.0340. The van der Waals surface area contributed by atoms with E-state index in [0.717, 1.165) is 0 Å². The highest BCUT2D eigenvalue weighted by Crippen LogP contribution is 2.26. The average molecular weight is 324 g/mol. The van der Waals surface area contributed by atoms with E-state index in [1.807, 2.05) is 18.3 Å². The highest BCUT2D eigenvalue weighted by molar-refractivity contribution is 5.95. The van der Waals surface area contributed by atoms with E-state index >= 15 is 0 Å². The molecule has 8 heteroatoms. The predicted octanol–water partition coefficient (Wildman–Crippen LogP) is 0.853. The number of carbonyl (C=O) groups excluding carboxylic acids is 3. The maximum atomic E-state index is 11.5. The molecule has 0 atom stereocenters. The number of amides is 3. The lowest BCUT2D eigenvalue weighted by molar-refractivity contribution is -0.148. The molecular weight excluding hydrogens is 304 g/mol. The number of benzene rings is 1. The van der Waals surface area contributed by atoms with Crippen LogP contribution in [0.5, 0.6) is 11.5 Å². The molecule has 1 aromatic rings. The molecule has 0 radical (unpaired) electrons. The first kappa shape index (κ1) is 18.3. The molecule has 0 aliphatic heterocycles. The molecule has 1 rings (SSSR count). The third-order valence-electron chi connectivity index (χ3n) is 2.56. The van der Waals surface area contributed by atoms with E-state index in [4.69, 9.17) is 14.2 Å². The molecule has 0 saturated carbocycles. The molecule has 0 saturated heterocycles. The minimum atomic E-state index is -0.708. The number of imide groups is 1. The summed E-state index contributed by atoms with van der Waals surface area (Å²) in [5.74, 6) is -0.195. The minimum absolute atomic E-state index is 0.0340. The van der Waals surface area contributed by atoms with Crippen molar-refractivity contribution in [3.05, 3.63) is 24.3 Å². The van der Waals surface area contributed by atoms with Crippen molar-refractivity contribution >= 4 is 17.9 Å². The lowest BCUT2D eigenvalue weighted by Gasteiger charge is -2.11. The van der Waals surface area contributed by atoms with Crippen molar-refractivity contribution in [1.82, 2.24) is 10.6 Å². The molecule has 0 bridgehead atoms. The average Bonchev–Trinajstić information content (AvgIpc) is 2.54. The van der Waals surface area contributed by atoms with Crippen LogP contribution in [0.25, 0.3) is 0 Å². The van der Waals surface area contributed by atoms with Gasteiger partial charge in [0.15, 0.2) is 18.1 Å². The topological polar surface area (TPSA) is 103 Å². The van der Waals surface area contributed by atoms with Crippen LogP contribution in [0.1, 0.15) is 13.3 Å². The highest BCUT2D eigenvalue weighted by atomic mass is 16.5. The Labute approximate surface area is 134 Å². The SMILES string of the molecule is CCOc1ccccc1OCCC(=O)OCC(=O)NC(=O)NC. The van der Waals surface area contributed by atoms with Crippen LogP contribution in [-0.4, -0.2) is 44.8 Å². The Balaban J connectivity index is 2.29. The van der Waals surface area contributed by atoms with Gasteiger partial charge in [0.1, 0.15) is 0 Å². The number of para-hydroxylation sites is 2. The summed E-state index contributed by atoms with van der Waals surface area (Å²) < 4.78 is 15.6. The van der Waals surface area contributed by atoms with Crippen molar-refractivity contribution in [3.63, 3.8) is 0 Å². The summed E-state index contributed by atoms with van der Waals surface area (Å²) in [6, 6.07) is 6.44. The Bertz CT molecular complexity index is 547. The van der Waals surface area contributed by atoms with Gasteiger partial charge in [-0.25, -0.2) is 4.79 Å². The fourth-order valence-corrected chi connectivity index (χ4v) is 1.53. The Hall–Kier alpha value is -2.77. The molecule has 0 unspecified atom stereocenters. The largest absolute Gasteiger partial charge is 0.490 e. The van der Waals surface area contributed by atoms with Crippen LogP contribution in [0.15, 0.2) is 24.3 Å². The molecule has 0 heterocycles. The fourth-order valence-electron chi connectivity index (χ4n) is 1.53. The number of esters is 1. The first-order chi connectivity index (χ1) is 11.1. The minimum Gasteiger partial charge on any atom is -0.490 e. The Morgan fingerprint density at radius 3 is 2.35 bits per heavy atom. The molecule has 0 aromatic heterocycles. The van der Waals surface area contributed by atoms with E-state index in [1.165, 1.54) is 7.05 Å². The maximum Gasteiger partial charge on any atom is 0.321 e. The number of hydrogen-bond acceptors (Lipinski definition) is 6. The van der Waals surface area contributed by atoms with Gasteiger partial charge in [-0.05, 0) is 19.1 Å². The van der Waals surface area contributed by atoms with Gasteiger partial charge in [-0.1, -0.05) is 12.1 Å². The van der Waals surface area contributed by atoms with Gasteiger partial charge in [0, 0.05) is 7.05 Å². The summed E-state index contributed by atoms with van der Waals surface area (Å²) >= 11 is 0. The summed E-state index contributed by atoms with van der Waals surface area (Å²) in [5.41, 5.74) is 0. The molecule has 23 heavy (non-hydrogen) atoms. The van der Waals surface area contributed by atoms with Gasteiger partial charge in [-0.3, -0.25) is 14.9 Å². The predicted molar refractivity (Wildman–Crippen MR) is 81.3 cm³/mol. The summed E-state index contributed by atoms with van der Waals surface area (Å²) in [6.45, 7) is 1.92. The second kappa shape index (κ2) is 10.0. The summed E-state index contributed by atoms with van der Waals surface area (Å²) in [5, 5.41) is 4.18. The van der Waals surface area contributed by atoms with Crippen molar-refractivity contribution in [1.29, 1.82) is 0 Å². The lowest BCUT2D eigenvalue weighted by Crippen LogP contribution is -2.39. The van der Waals surface area contributed by atoms with Gasteiger partial charge in [0.25, 0.3) is 5.91 Å². The van der Waals surface area contributed by atoms with E-state index in [-0.39, 0.29) is 13.0 Å². The lowest BCUT2D eigenvalue weighted by atomic mass is 10.3. The van der Waals surface area contributed by atoms with Crippen LogP contribution >= 0.6 is 0 Å². The number of urea groups is 1. The van der Waals surface area contributed by atoms with Crippen LogP contribution in [0.4, 0.5) is 4.79 Å². The number of carbonyl (C=O) groups is 3. The monoisotopic (exact) mass is 324 g/mol. The zero-order chi connectivity index (χ0) is 17.1. The van der Waals surface area contributed by atoms with E-state index in [1.54, 1.807) is 18.2 Å². The molecule has 1 aromatic carbocycles. The molecule has 0 aliphatic rings. The van der Waals surface area contributed by atoms with Crippen molar-refractivity contribution in [2.75, 3.05) is 26.9 Å². The first-order valence-corrected chi connectivity index (χ1v) is 7.08. The van der Waals surface area contributed by atoms with Gasteiger partial charge in [0.2, 0.25) is 0 Å². The number of rotatable bonds is 8. The number of nitrogens with one attached hydrogen (secondary N) is 2. The van der Waals surface area contributed by atoms with Crippen molar-refractivity contribution in [2.24, 2.45) is 0 Å². The Kier molecular flexibility index (Phi) is 7.98. The van der Waals surface area contributed by atoms with Gasteiger partial charge in [0.05, 0.1) is 19.6 Å². The van der Waals surface area contributed by atoms with Gasteiger partial charge < -0.3 is 19.5 Å². The molecule has 0 fully saturated rings. The van der Waals surface area contributed by atoms with Gasteiger partial charge in [-0.2, -0.15) is 0 Å². The zero-order valence-electron chi connectivity index (χ0n) is 13.1. The Morgan fingerprint density at radius 1 is 1.09 bits per heavy atom. The number of hydrogen-bond donors (Lipinski definition) is 2. The van der Waals surface area contributed by atoms with E-state index < -0.39 is 24.5 Å². The third kappa shape index (κ3) is 7.16. The molecule has 126 valence electrons. The van der Waals surface area contributed by atoms with Crippen LogP contribution in [0.2, 0.25) is 0 Å². The standard InChI is InChI=1S/C15H20N2O6/c1-3-21-11-6-4-5-7-12(11)22-9-8-14(19)23-10-13(18)17-15(20)16-2/h4-7H,3,8-10H2,1-2H3,(H2,16,17,18,20).